The molecule has 0 bridgehead atoms. The molecule has 4 amide bonds. The van der Waals surface area contributed by atoms with Gasteiger partial charge in [-0.05, 0) is 50.6 Å². The first-order valence-electron chi connectivity index (χ1n) is 8.55. The molecule has 6 nitrogen and oxygen atoms in total. The van der Waals surface area contributed by atoms with Gasteiger partial charge in [0.05, 0.1) is 0 Å². The summed E-state index contributed by atoms with van der Waals surface area (Å²) in [6.45, 7) is 5.08. The Morgan fingerprint density at radius 3 is 2.44 bits per heavy atom. The largest absolute Gasteiger partial charge is 0.332 e. The van der Waals surface area contributed by atoms with Crippen LogP contribution >= 0.6 is 11.6 Å². The first kappa shape index (κ1) is 18.9. The number of aryl methyl sites for hydroxylation is 2. The summed E-state index contributed by atoms with van der Waals surface area (Å²) >= 11 is 5.96. The molecule has 3 rings (SSSR count). The van der Waals surface area contributed by atoms with Crippen molar-refractivity contribution >= 4 is 40.8 Å². The van der Waals surface area contributed by atoms with Crippen molar-refractivity contribution in [1.29, 1.82) is 0 Å². The Bertz CT molecular complexity index is 911. The Hall–Kier alpha value is -2.86. The third kappa shape index (κ3) is 3.80. The van der Waals surface area contributed by atoms with Gasteiger partial charge in [0.15, 0.2) is 0 Å². The number of carbonyl (C=O) groups excluding carboxylic acids is 3. The molecule has 1 unspecified atom stereocenters. The third-order valence-corrected chi connectivity index (χ3v) is 4.77. The van der Waals surface area contributed by atoms with E-state index in [1.54, 1.807) is 37.3 Å². The lowest BCUT2D eigenvalue weighted by Gasteiger charge is -2.19. The van der Waals surface area contributed by atoms with Crippen molar-refractivity contribution in [2.45, 2.75) is 26.8 Å². The minimum absolute atomic E-state index is 0.351. The zero-order chi connectivity index (χ0) is 19.7. The van der Waals surface area contributed by atoms with Crippen LogP contribution in [0, 0.1) is 13.8 Å². The van der Waals surface area contributed by atoms with Crippen LogP contribution in [0.25, 0.3) is 0 Å². The van der Waals surface area contributed by atoms with Crippen LogP contribution in [0.1, 0.15) is 18.1 Å². The van der Waals surface area contributed by atoms with Gasteiger partial charge in [0.1, 0.15) is 12.6 Å². The number of nitrogens with zero attached hydrogens (tertiary/aromatic N) is 2. The summed E-state index contributed by atoms with van der Waals surface area (Å²) in [7, 11) is 0. The maximum Gasteiger partial charge on any atom is 0.332 e. The highest BCUT2D eigenvalue weighted by molar-refractivity contribution is 6.31. The van der Waals surface area contributed by atoms with Crippen molar-refractivity contribution in [1.82, 2.24) is 4.90 Å². The Labute approximate surface area is 162 Å². The number of rotatable bonds is 4. The Kier molecular flexibility index (Phi) is 5.19. The summed E-state index contributed by atoms with van der Waals surface area (Å²) < 4.78 is 0. The van der Waals surface area contributed by atoms with Crippen molar-refractivity contribution in [2.24, 2.45) is 0 Å². The first-order valence-corrected chi connectivity index (χ1v) is 8.93. The van der Waals surface area contributed by atoms with Crippen molar-refractivity contribution < 1.29 is 14.4 Å². The molecule has 1 aliphatic rings. The van der Waals surface area contributed by atoms with Gasteiger partial charge < -0.3 is 5.32 Å². The molecule has 0 aliphatic carbocycles. The van der Waals surface area contributed by atoms with Gasteiger partial charge >= 0.3 is 6.03 Å². The quantitative estimate of drug-likeness (QED) is 0.815. The minimum atomic E-state index is -0.666. The predicted molar refractivity (Wildman–Crippen MR) is 105 cm³/mol. The topological polar surface area (TPSA) is 69.7 Å². The molecule has 140 valence electrons. The molecular formula is C20H20ClN3O3. The molecule has 0 saturated carbocycles. The van der Waals surface area contributed by atoms with E-state index in [0.717, 1.165) is 16.0 Å². The van der Waals surface area contributed by atoms with Gasteiger partial charge in [-0.2, -0.15) is 0 Å². The highest BCUT2D eigenvalue weighted by Crippen LogP contribution is 2.26. The Morgan fingerprint density at radius 2 is 1.78 bits per heavy atom. The molecule has 0 aromatic heterocycles. The molecule has 0 spiro atoms. The second kappa shape index (κ2) is 7.40. The van der Waals surface area contributed by atoms with E-state index in [2.05, 4.69) is 5.32 Å². The molecule has 1 heterocycles. The smallest absolute Gasteiger partial charge is 0.324 e. The van der Waals surface area contributed by atoms with Crippen LogP contribution in [0.5, 0.6) is 0 Å². The molecule has 2 aromatic carbocycles. The van der Waals surface area contributed by atoms with Crippen molar-refractivity contribution in [2.75, 3.05) is 16.8 Å². The minimum Gasteiger partial charge on any atom is -0.324 e. The molecule has 1 atom stereocenters. The SMILES string of the molecule is Cc1ccc(N2C(=O)N(CC(=O)Nc3cc(Cl)ccc3C)C(=O)C2C)cc1. The van der Waals surface area contributed by atoms with Gasteiger partial charge in [-0.15, -0.1) is 0 Å². The summed E-state index contributed by atoms with van der Waals surface area (Å²) in [5, 5.41) is 3.20. The fraction of sp³-hybridized carbons (Fsp3) is 0.250. The number of halogens is 1. The van der Waals surface area contributed by atoms with E-state index in [1.807, 2.05) is 26.0 Å². The van der Waals surface area contributed by atoms with Crippen molar-refractivity contribution in [3.8, 4) is 0 Å². The number of imide groups is 1. The van der Waals surface area contributed by atoms with Gasteiger partial charge in [0.25, 0.3) is 5.91 Å². The number of carbonyl (C=O) groups is 3. The number of nitrogens with one attached hydrogen (secondary N) is 1. The van der Waals surface area contributed by atoms with Crippen molar-refractivity contribution in [3.05, 3.63) is 58.6 Å². The van der Waals surface area contributed by atoms with E-state index in [1.165, 1.54) is 4.90 Å². The average Bonchev–Trinajstić information content (AvgIpc) is 2.83. The van der Waals surface area contributed by atoms with Crippen LogP contribution < -0.4 is 10.2 Å². The summed E-state index contributed by atoms with van der Waals surface area (Å²) in [5.74, 6) is -0.862. The molecule has 27 heavy (non-hydrogen) atoms. The fourth-order valence-corrected chi connectivity index (χ4v) is 3.15. The van der Waals surface area contributed by atoms with Gasteiger partial charge in [-0.3, -0.25) is 19.4 Å². The van der Waals surface area contributed by atoms with Crippen LogP contribution in [0.4, 0.5) is 16.2 Å². The summed E-state index contributed by atoms with van der Waals surface area (Å²) in [6, 6.07) is 11.3. The van der Waals surface area contributed by atoms with Crippen LogP contribution in [-0.4, -0.2) is 35.3 Å². The van der Waals surface area contributed by atoms with Crippen LogP contribution in [0.15, 0.2) is 42.5 Å². The van der Waals surface area contributed by atoms with Crippen molar-refractivity contribution in [3.63, 3.8) is 0 Å². The average molecular weight is 386 g/mol. The number of hydrogen-bond donors (Lipinski definition) is 1. The van der Waals surface area contributed by atoms with E-state index in [0.29, 0.717) is 16.4 Å². The van der Waals surface area contributed by atoms with E-state index >= 15 is 0 Å². The molecule has 7 heteroatoms. The third-order valence-electron chi connectivity index (χ3n) is 4.54. The molecule has 2 aromatic rings. The number of amides is 4. The second-order valence-electron chi connectivity index (χ2n) is 6.60. The van der Waals surface area contributed by atoms with Gasteiger partial charge in [-0.1, -0.05) is 35.4 Å². The lowest BCUT2D eigenvalue weighted by atomic mass is 10.2. The second-order valence-corrected chi connectivity index (χ2v) is 7.03. The molecule has 1 N–H and O–H groups in total. The maximum atomic E-state index is 12.8. The fourth-order valence-electron chi connectivity index (χ4n) is 2.97. The maximum absolute atomic E-state index is 12.8. The van der Waals surface area contributed by atoms with Crippen LogP contribution in [0.2, 0.25) is 5.02 Å². The van der Waals surface area contributed by atoms with E-state index in [4.69, 9.17) is 11.6 Å². The number of urea groups is 1. The molecule has 1 saturated heterocycles. The predicted octanol–water partition coefficient (Wildman–Crippen LogP) is 3.75. The lowest BCUT2D eigenvalue weighted by Crippen LogP contribution is -2.39. The molecular weight excluding hydrogens is 366 g/mol. The normalized spacial score (nSPS) is 16.8. The van der Waals surface area contributed by atoms with Crippen LogP contribution in [-0.2, 0) is 9.59 Å². The Morgan fingerprint density at radius 1 is 1.11 bits per heavy atom. The lowest BCUT2D eigenvalue weighted by molar-refractivity contribution is -0.130. The zero-order valence-electron chi connectivity index (χ0n) is 15.3. The summed E-state index contributed by atoms with van der Waals surface area (Å²) in [6.07, 6.45) is 0. The first-order chi connectivity index (χ1) is 12.8. The summed E-state index contributed by atoms with van der Waals surface area (Å²) in [5.41, 5.74) is 3.06. The van der Waals surface area contributed by atoms with Gasteiger partial charge in [-0.25, -0.2) is 4.79 Å². The number of hydrogen-bond acceptors (Lipinski definition) is 3. The standard InChI is InChI=1S/C20H20ClN3O3/c1-12-4-8-16(9-5-12)24-14(3)19(26)23(20(24)27)11-18(25)22-17-10-15(21)7-6-13(17)2/h4-10,14H,11H2,1-3H3,(H,22,25). The molecule has 1 aliphatic heterocycles. The Balaban J connectivity index is 1.75. The molecule has 1 fully saturated rings. The monoisotopic (exact) mass is 385 g/mol. The van der Waals surface area contributed by atoms with Gasteiger partial charge in [0.2, 0.25) is 5.91 Å². The summed E-state index contributed by atoms with van der Waals surface area (Å²) in [4.78, 5) is 40.1. The number of anilines is 2. The van der Waals surface area contributed by atoms with E-state index in [-0.39, 0.29) is 6.54 Å². The highest BCUT2D eigenvalue weighted by Gasteiger charge is 2.44. The zero-order valence-corrected chi connectivity index (χ0v) is 16.1. The van der Waals surface area contributed by atoms with Gasteiger partial charge in [0, 0.05) is 16.4 Å². The van der Waals surface area contributed by atoms with E-state index < -0.39 is 23.9 Å². The number of benzene rings is 2. The van der Waals surface area contributed by atoms with E-state index in [9.17, 15) is 14.4 Å². The highest BCUT2D eigenvalue weighted by atomic mass is 35.5. The molecule has 0 radical (unpaired) electrons. The van der Waals surface area contributed by atoms with Crippen LogP contribution in [0.3, 0.4) is 0 Å².